The highest BCUT2D eigenvalue weighted by molar-refractivity contribution is 7.20. The minimum Gasteiger partial charge on any atom is -0.480 e. The smallest absolute Gasteiger partial charge is 0.326 e. The van der Waals surface area contributed by atoms with Gasteiger partial charge in [0.2, 0.25) is 0 Å². The molecular formula is C14H14FNO3S. The lowest BCUT2D eigenvalue weighted by atomic mass is 10.2. The van der Waals surface area contributed by atoms with Gasteiger partial charge in [0.1, 0.15) is 11.9 Å². The average Bonchev–Trinajstić information content (AvgIpc) is 2.80. The third-order valence-electron chi connectivity index (χ3n) is 3.15. The van der Waals surface area contributed by atoms with E-state index in [4.69, 9.17) is 5.11 Å². The number of rotatable bonds is 4. The molecule has 0 aliphatic rings. The third kappa shape index (κ3) is 2.65. The van der Waals surface area contributed by atoms with Crippen molar-refractivity contribution in [3.05, 3.63) is 35.0 Å². The summed E-state index contributed by atoms with van der Waals surface area (Å²) in [6.45, 7) is 1.71. The van der Waals surface area contributed by atoms with Gasteiger partial charge in [0.15, 0.2) is 0 Å². The van der Waals surface area contributed by atoms with E-state index in [1.165, 1.54) is 24.1 Å². The molecular weight excluding hydrogens is 281 g/mol. The molecule has 106 valence electrons. The zero-order valence-corrected chi connectivity index (χ0v) is 11.9. The molecule has 0 saturated carbocycles. The Balaban J connectivity index is 2.33. The Morgan fingerprint density at radius 2 is 2.10 bits per heavy atom. The minimum absolute atomic E-state index is 0.330. The van der Waals surface area contributed by atoms with Gasteiger partial charge in [0.05, 0.1) is 4.88 Å². The summed E-state index contributed by atoms with van der Waals surface area (Å²) in [5, 5.41) is 9.85. The van der Waals surface area contributed by atoms with Gasteiger partial charge >= 0.3 is 5.97 Å². The Morgan fingerprint density at radius 3 is 2.70 bits per heavy atom. The Kier molecular flexibility index (Phi) is 4.04. The van der Waals surface area contributed by atoms with Crippen LogP contribution >= 0.6 is 11.3 Å². The molecule has 1 N–H and O–H groups in total. The highest BCUT2D eigenvalue weighted by atomic mass is 32.1. The summed E-state index contributed by atoms with van der Waals surface area (Å²) in [7, 11) is 1.47. The quantitative estimate of drug-likeness (QED) is 0.943. The summed E-state index contributed by atoms with van der Waals surface area (Å²) in [6.07, 6.45) is 0.330. The van der Waals surface area contributed by atoms with Crippen LogP contribution in [-0.4, -0.2) is 35.0 Å². The van der Waals surface area contributed by atoms with E-state index in [1.54, 1.807) is 19.1 Å². The maximum atomic E-state index is 13.1. The first-order valence-corrected chi connectivity index (χ1v) is 6.94. The lowest BCUT2D eigenvalue weighted by Gasteiger charge is -2.22. The van der Waals surface area contributed by atoms with Gasteiger partial charge in [0, 0.05) is 11.7 Å². The van der Waals surface area contributed by atoms with E-state index in [9.17, 15) is 14.0 Å². The van der Waals surface area contributed by atoms with Crippen LogP contribution in [-0.2, 0) is 4.79 Å². The second-order valence-electron chi connectivity index (χ2n) is 4.47. The van der Waals surface area contributed by atoms with E-state index < -0.39 is 12.0 Å². The normalized spacial score (nSPS) is 12.3. The van der Waals surface area contributed by atoms with Gasteiger partial charge in [-0.25, -0.2) is 9.18 Å². The molecule has 1 heterocycles. The van der Waals surface area contributed by atoms with Crippen LogP contribution in [0.3, 0.4) is 0 Å². The van der Waals surface area contributed by atoms with Crippen molar-refractivity contribution in [2.24, 2.45) is 0 Å². The second kappa shape index (κ2) is 5.58. The SMILES string of the molecule is CCC(C(=O)O)N(C)C(=O)c1cc2ccc(F)cc2s1. The molecule has 0 bridgehead atoms. The zero-order valence-electron chi connectivity index (χ0n) is 11.1. The first-order valence-electron chi connectivity index (χ1n) is 6.13. The van der Waals surface area contributed by atoms with Crippen molar-refractivity contribution in [3.8, 4) is 0 Å². The first kappa shape index (κ1) is 14.5. The maximum Gasteiger partial charge on any atom is 0.326 e. The molecule has 0 spiro atoms. The van der Waals surface area contributed by atoms with Crippen molar-refractivity contribution < 1.29 is 19.1 Å². The van der Waals surface area contributed by atoms with Crippen molar-refractivity contribution in [2.75, 3.05) is 7.05 Å². The van der Waals surface area contributed by atoms with Crippen LogP contribution in [0.25, 0.3) is 10.1 Å². The molecule has 1 atom stereocenters. The van der Waals surface area contributed by atoms with Crippen LogP contribution < -0.4 is 0 Å². The van der Waals surface area contributed by atoms with Gasteiger partial charge in [-0.2, -0.15) is 0 Å². The number of amides is 1. The van der Waals surface area contributed by atoms with Crippen molar-refractivity contribution in [2.45, 2.75) is 19.4 Å². The molecule has 2 aromatic rings. The Morgan fingerprint density at radius 1 is 1.40 bits per heavy atom. The summed E-state index contributed by atoms with van der Waals surface area (Å²) in [5.41, 5.74) is 0. The molecule has 4 nitrogen and oxygen atoms in total. The van der Waals surface area contributed by atoms with Crippen LogP contribution in [0.1, 0.15) is 23.0 Å². The van der Waals surface area contributed by atoms with E-state index in [0.29, 0.717) is 16.0 Å². The molecule has 1 aromatic heterocycles. The summed E-state index contributed by atoms with van der Waals surface area (Å²) < 4.78 is 13.8. The molecule has 2 rings (SSSR count). The number of fused-ring (bicyclic) bond motifs is 1. The number of halogens is 1. The first-order chi connectivity index (χ1) is 9.43. The van der Waals surface area contributed by atoms with Crippen molar-refractivity contribution >= 4 is 33.3 Å². The molecule has 0 radical (unpaired) electrons. The average molecular weight is 295 g/mol. The summed E-state index contributed by atoms with van der Waals surface area (Å²) in [6, 6.07) is 5.11. The lowest BCUT2D eigenvalue weighted by Crippen LogP contribution is -2.41. The predicted octanol–water partition coefficient (Wildman–Crippen LogP) is 2.98. The van der Waals surface area contributed by atoms with Crippen LogP contribution in [0.4, 0.5) is 4.39 Å². The van der Waals surface area contributed by atoms with E-state index in [-0.39, 0.29) is 11.7 Å². The fourth-order valence-electron chi connectivity index (χ4n) is 2.04. The minimum atomic E-state index is -1.03. The van der Waals surface area contributed by atoms with Gasteiger partial charge < -0.3 is 10.0 Å². The zero-order chi connectivity index (χ0) is 14.9. The second-order valence-corrected chi connectivity index (χ2v) is 5.55. The number of hydrogen-bond acceptors (Lipinski definition) is 3. The van der Waals surface area contributed by atoms with E-state index in [1.807, 2.05) is 0 Å². The highest BCUT2D eigenvalue weighted by Crippen LogP contribution is 2.27. The topological polar surface area (TPSA) is 57.6 Å². The van der Waals surface area contributed by atoms with Crippen molar-refractivity contribution in [1.82, 2.24) is 4.90 Å². The molecule has 6 heteroatoms. The van der Waals surface area contributed by atoms with Crippen molar-refractivity contribution in [3.63, 3.8) is 0 Å². The number of thiophene rings is 1. The molecule has 20 heavy (non-hydrogen) atoms. The Bertz CT molecular complexity index is 667. The van der Waals surface area contributed by atoms with Crippen LogP contribution in [0.5, 0.6) is 0 Å². The van der Waals surface area contributed by atoms with Gasteiger partial charge in [0.25, 0.3) is 5.91 Å². The number of likely N-dealkylation sites (N-methyl/N-ethyl adjacent to an activating group) is 1. The van der Waals surface area contributed by atoms with E-state index in [0.717, 1.165) is 16.7 Å². The molecule has 0 aliphatic heterocycles. The summed E-state index contributed by atoms with van der Waals surface area (Å²) >= 11 is 1.16. The number of carboxylic acids is 1. The lowest BCUT2D eigenvalue weighted by molar-refractivity contribution is -0.142. The number of carbonyl (C=O) groups is 2. The Labute approximate surface area is 119 Å². The van der Waals surface area contributed by atoms with Crippen LogP contribution in [0.2, 0.25) is 0 Å². The highest BCUT2D eigenvalue weighted by Gasteiger charge is 2.26. The number of hydrogen-bond donors (Lipinski definition) is 1. The van der Waals surface area contributed by atoms with E-state index >= 15 is 0 Å². The van der Waals surface area contributed by atoms with Gasteiger partial charge in [-0.15, -0.1) is 11.3 Å². The predicted molar refractivity (Wildman–Crippen MR) is 75.6 cm³/mol. The maximum absolute atomic E-state index is 13.1. The third-order valence-corrected chi connectivity index (χ3v) is 4.24. The molecule has 1 amide bonds. The van der Waals surface area contributed by atoms with E-state index in [2.05, 4.69) is 0 Å². The summed E-state index contributed by atoms with van der Waals surface area (Å²) in [5.74, 6) is -1.75. The Hall–Kier alpha value is -1.95. The number of aliphatic carboxylic acids is 1. The number of carbonyl (C=O) groups excluding carboxylic acids is 1. The van der Waals surface area contributed by atoms with Crippen molar-refractivity contribution in [1.29, 1.82) is 0 Å². The molecule has 0 fully saturated rings. The molecule has 0 aliphatic carbocycles. The fraction of sp³-hybridized carbons (Fsp3) is 0.286. The van der Waals surface area contributed by atoms with Gasteiger partial charge in [-0.1, -0.05) is 13.0 Å². The van der Waals surface area contributed by atoms with Crippen LogP contribution in [0.15, 0.2) is 24.3 Å². The molecule has 1 aromatic carbocycles. The summed E-state index contributed by atoms with van der Waals surface area (Å²) in [4.78, 5) is 25.0. The van der Waals surface area contributed by atoms with Gasteiger partial charge in [-0.3, -0.25) is 4.79 Å². The molecule has 0 saturated heterocycles. The molecule has 1 unspecified atom stereocenters. The van der Waals surface area contributed by atoms with Crippen LogP contribution in [0, 0.1) is 5.82 Å². The standard InChI is InChI=1S/C14H14FNO3S/c1-3-10(14(18)19)16(2)13(17)12-6-8-4-5-9(15)7-11(8)20-12/h4-7,10H,3H2,1-2H3,(H,18,19). The number of nitrogens with zero attached hydrogens (tertiary/aromatic N) is 1. The largest absolute Gasteiger partial charge is 0.480 e. The monoisotopic (exact) mass is 295 g/mol. The fourth-order valence-corrected chi connectivity index (χ4v) is 3.11. The number of benzene rings is 1. The van der Waals surface area contributed by atoms with Gasteiger partial charge in [-0.05, 0) is 30.0 Å². The number of carboxylic acid groups (broad SMARTS) is 1.